The fraction of sp³-hybridized carbons (Fsp3) is 0.138. The van der Waals surface area contributed by atoms with Gasteiger partial charge in [0.05, 0.1) is 16.6 Å². The molecule has 5 aromatic rings. The van der Waals surface area contributed by atoms with Gasteiger partial charge in [0.25, 0.3) is 11.8 Å². The van der Waals surface area contributed by atoms with Gasteiger partial charge in [-0.1, -0.05) is 65.0 Å². The van der Waals surface area contributed by atoms with Crippen LogP contribution in [0.25, 0.3) is 11.0 Å². The predicted octanol–water partition coefficient (Wildman–Crippen LogP) is 6.00. The summed E-state index contributed by atoms with van der Waals surface area (Å²) in [4.78, 5) is 45.4. The molecule has 0 saturated heterocycles. The number of likely N-dealkylation sites (N-methyl/N-ethyl adjacent to an activating group) is 1. The monoisotopic (exact) mass is 604 g/mol. The third-order valence-corrected chi connectivity index (χ3v) is 9.63. The first-order valence-corrected chi connectivity index (χ1v) is 14.8. The van der Waals surface area contributed by atoms with Crippen LogP contribution in [0.4, 0.5) is 15.2 Å². The van der Waals surface area contributed by atoms with Crippen LogP contribution in [-0.4, -0.2) is 28.6 Å². The van der Waals surface area contributed by atoms with Crippen molar-refractivity contribution in [3.63, 3.8) is 0 Å². The lowest BCUT2D eigenvalue weighted by atomic mass is 9.84. The van der Waals surface area contributed by atoms with Crippen LogP contribution < -0.4 is 15.2 Å². The Kier molecular flexibility index (Phi) is 6.00. The highest BCUT2D eigenvalue weighted by atomic mass is 35.5. The number of hydrogen-bond donors (Lipinski definition) is 0. The topological polar surface area (TPSA) is 96.6 Å². The number of thioether (sulfide) groups is 1. The molecule has 0 N–H and O–H groups in total. The summed E-state index contributed by atoms with van der Waals surface area (Å²) in [5.74, 6) is -1.54. The fourth-order valence-corrected chi connectivity index (χ4v) is 7.50. The minimum atomic E-state index is -1.89. The molecule has 0 fully saturated rings. The molecule has 1 spiro atoms. The van der Waals surface area contributed by atoms with Gasteiger partial charge in [0.15, 0.2) is 15.3 Å². The molecule has 0 bridgehead atoms. The molecular weight excluding hydrogens is 587 g/mol. The Morgan fingerprint density at radius 2 is 1.83 bits per heavy atom. The van der Waals surface area contributed by atoms with E-state index in [4.69, 9.17) is 16.0 Å². The van der Waals surface area contributed by atoms with Crippen molar-refractivity contribution in [2.75, 3.05) is 16.3 Å². The van der Waals surface area contributed by atoms with Crippen molar-refractivity contribution < 1.29 is 18.4 Å². The molecule has 7 rings (SSSR count). The molecule has 0 aliphatic carbocycles. The van der Waals surface area contributed by atoms with Gasteiger partial charge in [-0.05, 0) is 48.9 Å². The molecule has 12 heteroatoms. The minimum absolute atomic E-state index is 0.0445. The normalized spacial score (nSPS) is 17.6. The van der Waals surface area contributed by atoms with Crippen LogP contribution in [0.2, 0.25) is 5.02 Å². The lowest BCUT2D eigenvalue weighted by Gasteiger charge is -2.31. The van der Waals surface area contributed by atoms with Crippen molar-refractivity contribution >= 4 is 68.3 Å². The number of aromatic nitrogens is 2. The van der Waals surface area contributed by atoms with E-state index in [0.29, 0.717) is 32.9 Å². The van der Waals surface area contributed by atoms with E-state index in [-0.39, 0.29) is 27.4 Å². The van der Waals surface area contributed by atoms with Gasteiger partial charge in [-0.3, -0.25) is 19.3 Å². The fourth-order valence-electron chi connectivity index (χ4n) is 5.53. The number of para-hydroxylation sites is 1. The van der Waals surface area contributed by atoms with Gasteiger partial charge in [0.2, 0.25) is 10.9 Å². The number of amides is 2. The maximum Gasteiger partial charge on any atom is 0.297 e. The number of anilines is 2. The Morgan fingerprint density at radius 1 is 1.05 bits per heavy atom. The molecule has 2 aromatic heterocycles. The van der Waals surface area contributed by atoms with E-state index >= 15 is 0 Å². The van der Waals surface area contributed by atoms with Crippen molar-refractivity contribution in [1.82, 2.24) is 10.2 Å². The summed E-state index contributed by atoms with van der Waals surface area (Å²) in [7, 11) is 0. The van der Waals surface area contributed by atoms with E-state index in [9.17, 15) is 18.8 Å². The van der Waals surface area contributed by atoms with Crippen LogP contribution in [0, 0.1) is 5.82 Å². The number of nitrogens with zero attached hydrogens (tertiary/aromatic N) is 4. The molecule has 0 radical (unpaired) electrons. The molecule has 1 unspecified atom stereocenters. The van der Waals surface area contributed by atoms with Gasteiger partial charge in [-0.15, -0.1) is 10.2 Å². The molecule has 8 nitrogen and oxygen atoms in total. The highest BCUT2D eigenvalue weighted by Gasteiger charge is 2.66. The third kappa shape index (κ3) is 3.69. The molecule has 4 heterocycles. The van der Waals surface area contributed by atoms with Gasteiger partial charge in [0, 0.05) is 22.9 Å². The molecule has 2 aliphatic heterocycles. The summed E-state index contributed by atoms with van der Waals surface area (Å²) < 4.78 is 20.8. The SMILES string of the molecule is CCN1C(=O)C2(c3ccccc31)c1c(oc3ccc(F)cc3c1=O)C(=O)N2c1nnc(SCc2ccc(Cl)cc2)s1. The molecule has 204 valence electrons. The Labute approximate surface area is 245 Å². The molecule has 2 amide bonds. The number of fused-ring (bicyclic) bond motifs is 5. The predicted molar refractivity (Wildman–Crippen MR) is 155 cm³/mol. The third-order valence-electron chi connectivity index (χ3n) is 7.27. The first-order valence-electron chi connectivity index (χ1n) is 12.6. The van der Waals surface area contributed by atoms with Crippen molar-refractivity contribution in [2.45, 2.75) is 22.6 Å². The van der Waals surface area contributed by atoms with E-state index in [2.05, 4.69) is 10.2 Å². The molecule has 1 atom stereocenters. The summed E-state index contributed by atoms with van der Waals surface area (Å²) in [6.45, 7) is 2.10. The summed E-state index contributed by atoms with van der Waals surface area (Å²) in [5, 5.41) is 9.30. The van der Waals surface area contributed by atoms with Gasteiger partial charge < -0.3 is 9.32 Å². The van der Waals surface area contributed by atoms with E-state index in [1.54, 1.807) is 36.4 Å². The summed E-state index contributed by atoms with van der Waals surface area (Å²) >= 11 is 8.54. The quantitative estimate of drug-likeness (QED) is 0.179. The van der Waals surface area contributed by atoms with Gasteiger partial charge in [-0.25, -0.2) is 4.39 Å². The van der Waals surface area contributed by atoms with Crippen LogP contribution in [0.15, 0.2) is 80.3 Å². The second-order valence-corrected chi connectivity index (χ2v) is 12.1. The van der Waals surface area contributed by atoms with E-state index in [0.717, 1.165) is 29.0 Å². The van der Waals surface area contributed by atoms with Crippen LogP contribution in [0.3, 0.4) is 0 Å². The average molecular weight is 605 g/mol. The Morgan fingerprint density at radius 3 is 2.61 bits per heavy atom. The largest absolute Gasteiger partial charge is 0.450 e. The zero-order chi connectivity index (χ0) is 28.5. The smallest absolute Gasteiger partial charge is 0.297 e. The molecule has 3 aromatic carbocycles. The number of carbonyl (C=O) groups excluding carboxylic acids is 2. The minimum Gasteiger partial charge on any atom is -0.450 e. The second kappa shape index (κ2) is 9.51. The highest BCUT2D eigenvalue weighted by Crippen LogP contribution is 2.54. The lowest BCUT2D eigenvalue weighted by Crippen LogP contribution is -2.53. The van der Waals surface area contributed by atoms with Crippen molar-refractivity contribution in [1.29, 1.82) is 0 Å². The summed E-state index contributed by atoms with van der Waals surface area (Å²) in [6.07, 6.45) is 0. The van der Waals surface area contributed by atoms with Crippen LogP contribution in [-0.2, 0) is 16.1 Å². The average Bonchev–Trinajstić information content (AvgIpc) is 3.61. The van der Waals surface area contributed by atoms with E-state index in [1.165, 1.54) is 27.6 Å². The van der Waals surface area contributed by atoms with Gasteiger partial charge in [-0.2, -0.15) is 0 Å². The van der Waals surface area contributed by atoms with Crippen molar-refractivity contribution in [3.05, 3.63) is 110 Å². The standard InChI is InChI=1S/C29H18ClFN4O4S2/c1-2-34-20-6-4-3-5-19(20)29(26(34)38)22-23(36)18-13-17(31)11-12-21(18)39-24(22)25(37)35(29)27-32-33-28(41-27)40-14-15-7-9-16(30)10-8-15/h3-13H,2,14H2,1H3. The zero-order valence-electron chi connectivity index (χ0n) is 21.3. The zero-order valence-corrected chi connectivity index (χ0v) is 23.6. The van der Waals surface area contributed by atoms with Crippen LogP contribution in [0.5, 0.6) is 0 Å². The first-order chi connectivity index (χ1) is 19.8. The summed E-state index contributed by atoms with van der Waals surface area (Å²) in [6, 6.07) is 17.9. The Hall–Kier alpha value is -4.06. The highest BCUT2D eigenvalue weighted by molar-refractivity contribution is 8.00. The Balaban J connectivity index is 1.43. The summed E-state index contributed by atoms with van der Waals surface area (Å²) in [5.41, 5.74) is -0.636. The van der Waals surface area contributed by atoms with Crippen LogP contribution in [0.1, 0.15) is 34.2 Å². The lowest BCUT2D eigenvalue weighted by molar-refractivity contribution is -0.121. The Bertz CT molecular complexity index is 1960. The van der Waals surface area contributed by atoms with Crippen LogP contribution >= 0.6 is 34.7 Å². The molecule has 0 saturated carbocycles. The number of halogens is 2. The maximum atomic E-state index is 14.4. The molecular formula is C29H18ClFN4O4S2. The number of hydrogen-bond acceptors (Lipinski definition) is 8. The number of rotatable bonds is 5. The second-order valence-electron chi connectivity index (χ2n) is 9.46. The first kappa shape index (κ1) is 25.9. The molecule has 2 aliphatic rings. The van der Waals surface area contributed by atoms with E-state index in [1.807, 2.05) is 19.1 Å². The van der Waals surface area contributed by atoms with Crippen molar-refractivity contribution in [3.8, 4) is 0 Å². The number of carbonyl (C=O) groups is 2. The van der Waals surface area contributed by atoms with Gasteiger partial charge in [0.1, 0.15) is 11.4 Å². The number of benzene rings is 3. The van der Waals surface area contributed by atoms with Gasteiger partial charge >= 0.3 is 0 Å². The van der Waals surface area contributed by atoms with E-state index < -0.39 is 28.6 Å². The maximum absolute atomic E-state index is 14.4. The molecule has 41 heavy (non-hydrogen) atoms. The van der Waals surface area contributed by atoms with Crippen molar-refractivity contribution in [2.24, 2.45) is 0 Å².